The molecule has 2 aromatic heterocycles. The summed E-state index contributed by atoms with van der Waals surface area (Å²) in [5, 5.41) is 0. The van der Waals surface area contributed by atoms with Gasteiger partial charge in [-0.15, -0.1) is 0 Å². The van der Waals surface area contributed by atoms with Gasteiger partial charge in [-0.1, -0.05) is 0 Å². The number of nitrogens with two attached hydrogens (primary N) is 1. The summed E-state index contributed by atoms with van der Waals surface area (Å²) in [6.45, 7) is 9.12. The van der Waals surface area contributed by atoms with E-state index in [0.717, 1.165) is 42.8 Å². The van der Waals surface area contributed by atoms with Crippen LogP contribution in [-0.2, 0) is 0 Å². The molecule has 2 aromatic rings. The van der Waals surface area contributed by atoms with Crippen molar-refractivity contribution in [2.24, 2.45) is 0 Å². The highest BCUT2D eigenvalue weighted by atomic mass is 15.2. The largest absolute Gasteiger partial charge is 0.385 e. The number of pyridine rings is 1. The van der Waals surface area contributed by atoms with Crippen LogP contribution in [0.5, 0.6) is 0 Å². The Morgan fingerprint density at radius 2 is 2.00 bits per heavy atom. The molecule has 0 aliphatic carbocycles. The first-order chi connectivity index (χ1) is 9.47. The zero-order chi connectivity index (χ0) is 14.3. The molecule has 1 saturated heterocycles. The molecule has 4 nitrogen and oxygen atoms in total. The van der Waals surface area contributed by atoms with Crippen molar-refractivity contribution in [2.75, 3.05) is 18.8 Å². The van der Waals surface area contributed by atoms with Crippen LogP contribution in [0.2, 0.25) is 0 Å². The zero-order valence-corrected chi connectivity index (χ0v) is 12.6. The quantitative estimate of drug-likeness (QED) is 0.838. The van der Waals surface area contributed by atoms with Gasteiger partial charge in [0.15, 0.2) is 0 Å². The summed E-state index contributed by atoms with van der Waals surface area (Å²) in [7, 11) is 0. The van der Waals surface area contributed by atoms with E-state index in [1.54, 1.807) is 0 Å². The summed E-state index contributed by atoms with van der Waals surface area (Å²) in [5.74, 6) is 1.32. The van der Waals surface area contributed by atoms with E-state index in [9.17, 15) is 0 Å². The highest BCUT2D eigenvalue weighted by Crippen LogP contribution is 2.37. The van der Waals surface area contributed by atoms with Gasteiger partial charge in [0, 0.05) is 17.3 Å². The monoisotopic (exact) mass is 272 g/mol. The summed E-state index contributed by atoms with van der Waals surface area (Å²) < 4.78 is 0. The topological polar surface area (TPSA) is 57.9 Å². The molecule has 3 N–H and O–H groups in total. The van der Waals surface area contributed by atoms with Gasteiger partial charge in [0.25, 0.3) is 0 Å². The fraction of sp³-hybridized carbons (Fsp3) is 0.562. The summed E-state index contributed by atoms with van der Waals surface area (Å²) in [4.78, 5) is 10.3. The van der Waals surface area contributed by atoms with E-state index in [4.69, 9.17) is 5.73 Å². The van der Waals surface area contributed by atoms with Crippen LogP contribution in [0.4, 0.5) is 5.82 Å². The second-order valence-corrected chi connectivity index (χ2v) is 6.78. The van der Waals surface area contributed by atoms with Gasteiger partial charge in [-0.2, -0.15) is 0 Å². The van der Waals surface area contributed by atoms with Gasteiger partial charge in [0.2, 0.25) is 0 Å². The zero-order valence-electron chi connectivity index (χ0n) is 12.6. The molecule has 20 heavy (non-hydrogen) atoms. The predicted molar refractivity (Wildman–Crippen MR) is 83.8 cm³/mol. The Bertz CT molecular complexity index is 600. The average Bonchev–Trinajstić information content (AvgIpc) is 2.73. The van der Waals surface area contributed by atoms with E-state index in [2.05, 4.69) is 35.6 Å². The third-order valence-corrected chi connectivity index (χ3v) is 4.47. The van der Waals surface area contributed by atoms with Crippen LogP contribution in [0.1, 0.15) is 45.1 Å². The number of aromatic nitrogens is 2. The van der Waals surface area contributed by atoms with Crippen molar-refractivity contribution >= 4 is 16.9 Å². The van der Waals surface area contributed by atoms with Gasteiger partial charge in [0.1, 0.15) is 5.82 Å². The second-order valence-electron chi connectivity index (χ2n) is 6.78. The first-order valence-corrected chi connectivity index (χ1v) is 7.44. The smallest absolute Gasteiger partial charge is 0.106 e. The van der Waals surface area contributed by atoms with Crippen molar-refractivity contribution in [3.05, 3.63) is 23.9 Å². The second kappa shape index (κ2) is 4.77. The van der Waals surface area contributed by atoms with E-state index in [1.807, 2.05) is 18.3 Å². The Hall–Kier alpha value is -1.55. The number of hydrogen-bond acceptors (Lipinski definition) is 3. The van der Waals surface area contributed by atoms with Crippen molar-refractivity contribution in [3.63, 3.8) is 0 Å². The highest BCUT2D eigenvalue weighted by Gasteiger charge is 2.30. The van der Waals surface area contributed by atoms with Crippen molar-refractivity contribution in [2.45, 2.75) is 45.1 Å². The number of hydrogen-bond donors (Lipinski definition) is 2. The third-order valence-electron chi connectivity index (χ3n) is 4.47. The summed E-state index contributed by atoms with van der Waals surface area (Å²) in [6.07, 6.45) is 4.17. The first-order valence-electron chi connectivity index (χ1n) is 7.44. The Morgan fingerprint density at radius 1 is 1.30 bits per heavy atom. The summed E-state index contributed by atoms with van der Waals surface area (Å²) >= 11 is 0. The van der Waals surface area contributed by atoms with Gasteiger partial charge in [0.05, 0.1) is 11.0 Å². The molecule has 0 aromatic carbocycles. The maximum atomic E-state index is 6.20. The lowest BCUT2D eigenvalue weighted by Gasteiger charge is -2.40. The molecule has 3 heterocycles. The van der Waals surface area contributed by atoms with E-state index in [1.165, 1.54) is 5.56 Å². The average molecular weight is 272 g/mol. The van der Waals surface area contributed by atoms with Crippen molar-refractivity contribution in [3.8, 4) is 0 Å². The van der Waals surface area contributed by atoms with Crippen LogP contribution >= 0.6 is 0 Å². The van der Waals surface area contributed by atoms with Gasteiger partial charge in [-0.3, -0.25) is 9.88 Å². The standard InChI is InChI=1S/C16H24N4/c1-16(2,3)20-9-6-11(7-10-20)13-14-12(19-15(13)17)5-4-8-18-14/h4-5,8,11,19H,6-7,9-10,17H2,1-3H3. The van der Waals surface area contributed by atoms with Crippen LogP contribution in [0.25, 0.3) is 11.0 Å². The number of rotatable bonds is 1. The molecule has 0 spiro atoms. The lowest BCUT2D eigenvalue weighted by atomic mass is 9.88. The number of aromatic amines is 1. The van der Waals surface area contributed by atoms with Crippen LogP contribution < -0.4 is 5.73 Å². The van der Waals surface area contributed by atoms with Crippen LogP contribution in [0.15, 0.2) is 18.3 Å². The van der Waals surface area contributed by atoms with Crippen molar-refractivity contribution in [1.29, 1.82) is 0 Å². The van der Waals surface area contributed by atoms with Gasteiger partial charge >= 0.3 is 0 Å². The van der Waals surface area contributed by atoms with Gasteiger partial charge in [-0.25, -0.2) is 0 Å². The maximum absolute atomic E-state index is 6.20. The Morgan fingerprint density at radius 3 is 2.65 bits per heavy atom. The fourth-order valence-electron chi connectivity index (χ4n) is 3.31. The highest BCUT2D eigenvalue weighted by molar-refractivity contribution is 5.85. The molecule has 1 fully saturated rings. The molecule has 1 aliphatic rings. The lowest BCUT2D eigenvalue weighted by Crippen LogP contribution is -2.45. The predicted octanol–water partition coefficient (Wildman–Crippen LogP) is 3.12. The number of nitrogen functional groups attached to an aromatic ring is 1. The minimum atomic E-state index is 0.259. The number of nitrogens with one attached hydrogen (secondary N) is 1. The molecular formula is C16H24N4. The number of nitrogens with zero attached hydrogens (tertiary/aromatic N) is 2. The van der Waals surface area contributed by atoms with Crippen LogP contribution in [0, 0.1) is 0 Å². The number of anilines is 1. The number of fused-ring (bicyclic) bond motifs is 1. The molecule has 0 radical (unpaired) electrons. The van der Waals surface area contributed by atoms with Crippen LogP contribution in [-0.4, -0.2) is 33.5 Å². The Kier molecular flexibility index (Phi) is 3.21. The molecule has 0 unspecified atom stereocenters. The molecule has 0 saturated carbocycles. The molecule has 1 aliphatic heterocycles. The van der Waals surface area contributed by atoms with Crippen LogP contribution in [0.3, 0.4) is 0 Å². The normalized spacial score (nSPS) is 18.8. The number of piperidine rings is 1. The lowest BCUT2D eigenvalue weighted by molar-refractivity contribution is 0.102. The summed E-state index contributed by atoms with van der Waals surface area (Å²) in [6, 6.07) is 4.00. The molecule has 0 bridgehead atoms. The number of likely N-dealkylation sites (tertiary alicyclic amines) is 1. The van der Waals surface area contributed by atoms with Crippen molar-refractivity contribution < 1.29 is 0 Å². The first kappa shape index (κ1) is 13.4. The summed E-state index contributed by atoms with van der Waals surface area (Å²) in [5.41, 5.74) is 9.79. The Labute approximate surface area is 120 Å². The van der Waals surface area contributed by atoms with E-state index < -0.39 is 0 Å². The minimum Gasteiger partial charge on any atom is -0.385 e. The molecule has 0 amide bonds. The van der Waals surface area contributed by atoms with E-state index in [-0.39, 0.29) is 5.54 Å². The number of H-pyrrole nitrogens is 1. The van der Waals surface area contributed by atoms with Gasteiger partial charge in [-0.05, 0) is 64.8 Å². The minimum absolute atomic E-state index is 0.259. The SMILES string of the molecule is CC(C)(C)N1CCC(c2c(N)[nH]c3cccnc23)CC1. The fourth-order valence-corrected chi connectivity index (χ4v) is 3.31. The Balaban J connectivity index is 1.85. The molecule has 3 rings (SSSR count). The van der Waals surface area contributed by atoms with E-state index >= 15 is 0 Å². The molecule has 0 atom stereocenters. The van der Waals surface area contributed by atoms with E-state index in [0.29, 0.717) is 5.92 Å². The molecule has 4 heteroatoms. The third kappa shape index (κ3) is 2.29. The molecular weight excluding hydrogens is 248 g/mol. The van der Waals surface area contributed by atoms with Crippen molar-refractivity contribution in [1.82, 2.24) is 14.9 Å². The van der Waals surface area contributed by atoms with Gasteiger partial charge < -0.3 is 10.7 Å². The maximum Gasteiger partial charge on any atom is 0.106 e. The molecule has 108 valence electrons.